The van der Waals surface area contributed by atoms with Gasteiger partial charge in [-0.15, -0.1) is 0 Å². The molecule has 0 aromatic carbocycles. The predicted octanol–water partition coefficient (Wildman–Crippen LogP) is 0.998. The lowest BCUT2D eigenvalue weighted by Gasteiger charge is -2.27. The Hall–Kier alpha value is -2.11. The number of pyridine rings is 1. The van der Waals surface area contributed by atoms with Crippen molar-refractivity contribution in [3.05, 3.63) is 34.7 Å². The van der Waals surface area contributed by atoms with Crippen molar-refractivity contribution < 1.29 is 14.7 Å². The molecule has 0 aliphatic heterocycles. The molecule has 1 aromatic rings. The number of carboxylic acid groups (broad SMARTS) is 1. The highest BCUT2D eigenvalue weighted by Gasteiger charge is 2.45. The second-order valence-electron chi connectivity index (χ2n) is 5.72. The number of rotatable bonds is 5. The molecule has 2 unspecified atom stereocenters. The molecule has 114 valence electrons. The Balaban J connectivity index is 1.92. The Kier molecular flexibility index (Phi) is 4.45. The molecule has 1 amide bonds. The number of carbonyl (C=O) groups is 2. The molecule has 21 heavy (non-hydrogen) atoms. The maximum atomic E-state index is 12.0. The summed E-state index contributed by atoms with van der Waals surface area (Å²) in [7, 11) is 0. The van der Waals surface area contributed by atoms with Crippen LogP contribution < -0.4 is 10.9 Å². The molecule has 2 rings (SSSR count). The van der Waals surface area contributed by atoms with Crippen molar-refractivity contribution in [2.45, 2.75) is 45.2 Å². The van der Waals surface area contributed by atoms with Gasteiger partial charge in [0, 0.05) is 31.3 Å². The van der Waals surface area contributed by atoms with E-state index in [0.717, 1.165) is 6.42 Å². The number of nitrogens with one attached hydrogen (secondary N) is 1. The molecule has 1 heterocycles. The van der Waals surface area contributed by atoms with Gasteiger partial charge in [0.1, 0.15) is 0 Å². The average Bonchev–Trinajstić information content (AvgIpc) is 2.81. The first-order chi connectivity index (χ1) is 9.93. The molecule has 2 atom stereocenters. The standard InChI is InChI=1S/C15H20N2O4/c1-15(14(20)21)8-4-5-11(15)16-12(18)7-10-17-9-3-2-6-13(17)19/h2-3,6,9,11H,4-5,7-8,10H2,1H3,(H,16,18)(H,20,21). The van der Waals surface area contributed by atoms with E-state index in [-0.39, 0.29) is 23.9 Å². The predicted molar refractivity (Wildman–Crippen MR) is 76.8 cm³/mol. The number of hydrogen-bond acceptors (Lipinski definition) is 3. The van der Waals surface area contributed by atoms with Crippen LogP contribution in [-0.2, 0) is 16.1 Å². The molecular weight excluding hydrogens is 272 g/mol. The summed E-state index contributed by atoms with van der Waals surface area (Å²) in [6, 6.07) is 4.49. The van der Waals surface area contributed by atoms with Crippen LogP contribution in [0.5, 0.6) is 0 Å². The number of hydrogen-bond donors (Lipinski definition) is 2. The minimum atomic E-state index is -0.890. The van der Waals surface area contributed by atoms with Gasteiger partial charge in [-0.3, -0.25) is 14.4 Å². The fourth-order valence-corrected chi connectivity index (χ4v) is 2.79. The minimum Gasteiger partial charge on any atom is -0.481 e. The molecule has 1 fully saturated rings. The summed E-state index contributed by atoms with van der Waals surface area (Å²) >= 11 is 0. The largest absolute Gasteiger partial charge is 0.481 e. The third kappa shape index (κ3) is 3.32. The normalized spacial score (nSPS) is 24.7. The van der Waals surface area contributed by atoms with Crippen molar-refractivity contribution in [1.29, 1.82) is 0 Å². The van der Waals surface area contributed by atoms with Gasteiger partial charge in [0.15, 0.2) is 0 Å². The van der Waals surface area contributed by atoms with E-state index in [0.29, 0.717) is 19.4 Å². The van der Waals surface area contributed by atoms with E-state index in [1.165, 1.54) is 10.6 Å². The van der Waals surface area contributed by atoms with Crippen molar-refractivity contribution in [3.63, 3.8) is 0 Å². The number of carboxylic acids is 1. The van der Waals surface area contributed by atoms with Crippen LogP contribution in [0, 0.1) is 5.41 Å². The van der Waals surface area contributed by atoms with Gasteiger partial charge in [-0.2, -0.15) is 0 Å². The molecule has 0 spiro atoms. The summed E-state index contributed by atoms with van der Waals surface area (Å²) in [4.78, 5) is 34.8. The third-order valence-electron chi connectivity index (χ3n) is 4.26. The maximum absolute atomic E-state index is 12.0. The van der Waals surface area contributed by atoms with E-state index >= 15 is 0 Å². The van der Waals surface area contributed by atoms with Crippen LogP contribution >= 0.6 is 0 Å². The van der Waals surface area contributed by atoms with Crippen LogP contribution in [0.15, 0.2) is 29.2 Å². The Morgan fingerprint density at radius 3 is 2.90 bits per heavy atom. The summed E-state index contributed by atoms with van der Waals surface area (Å²) in [6.45, 7) is 1.97. The van der Waals surface area contributed by atoms with Gasteiger partial charge in [0.25, 0.3) is 5.56 Å². The summed E-state index contributed by atoms with van der Waals surface area (Å²) in [5.74, 6) is -1.09. The van der Waals surface area contributed by atoms with Crippen LogP contribution in [0.4, 0.5) is 0 Å². The quantitative estimate of drug-likeness (QED) is 0.847. The summed E-state index contributed by atoms with van der Waals surface area (Å²) < 4.78 is 1.46. The van der Waals surface area contributed by atoms with E-state index in [4.69, 9.17) is 0 Å². The number of aliphatic carboxylic acids is 1. The first kappa shape index (κ1) is 15.3. The summed E-state index contributed by atoms with van der Waals surface area (Å²) in [5.41, 5.74) is -1.04. The number of aryl methyl sites for hydroxylation is 1. The second-order valence-corrected chi connectivity index (χ2v) is 5.72. The SMILES string of the molecule is CC1(C(=O)O)CCCC1NC(=O)CCn1ccccc1=O. The smallest absolute Gasteiger partial charge is 0.311 e. The van der Waals surface area contributed by atoms with Gasteiger partial charge in [0.2, 0.25) is 5.91 Å². The molecule has 6 heteroatoms. The molecule has 1 aliphatic rings. The number of nitrogens with zero attached hydrogens (tertiary/aromatic N) is 1. The Morgan fingerprint density at radius 1 is 1.48 bits per heavy atom. The monoisotopic (exact) mass is 292 g/mol. The van der Waals surface area contributed by atoms with Crippen molar-refractivity contribution in [2.75, 3.05) is 0 Å². The maximum Gasteiger partial charge on any atom is 0.311 e. The fourth-order valence-electron chi connectivity index (χ4n) is 2.79. The Morgan fingerprint density at radius 2 is 2.24 bits per heavy atom. The van der Waals surface area contributed by atoms with Gasteiger partial charge in [0.05, 0.1) is 5.41 Å². The molecule has 1 aromatic heterocycles. The van der Waals surface area contributed by atoms with E-state index < -0.39 is 11.4 Å². The van der Waals surface area contributed by atoms with Crippen LogP contribution in [0.3, 0.4) is 0 Å². The van der Waals surface area contributed by atoms with Gasteiger partial charge in [-0.05, 0) is 25.8 Å². The molecule has 1 aliphatic carbocycles. The number of amides is 1. The lowest BCUT2D eigenvalue weighted by Crippen LogP contribution is -2.47. The van der Waals surface area contributed by atoms with Crippen LogP contribution in [0.25, 0.3) is 0 Å². The molecule has 0 saturated heterocycles. The van der Waals surface area contributed by atoms with E-state index in [2.05, 4.69) is 5.32 Å². The fraction of sp³-hybridized carbons (Fsp3) is 0.533. The molecule has 2 N–H and O–H groups in total. The van der Waals surface area contributed by atoms with Crippen LogP contribution in [-0.4, -0.2) is 27.6 Å². The molecule has 0 radical (unpaired) electrons. The van der Waals surface area contributed by atoms with Gasteiger partial charge >= 0.3 is 5.97 Å². The highest BCUT2D eigenvalue weighted by molar-refractivity contribution is 5.80. The highest BCUT2D eigenvalue weighted by Crippen LogP contribution is 2.38. The van der Waals surface area contributed by atoms with Crippen molar-refractivity contribution >= 4 is 11.9 Å². The Labute approximate surface area is 122 Å². The summed E-state index contributed by atoms with van der Waals surface area (Å²) in [6.07, 6.45) is 3.85. The number of aromatic nitrogens is 1. The molecule has 1 saturated carbocycles. The lowest BCUT2D eigenvalue weighted by atomic mass is 9.85. The minimum absolute atomic E-state index is 0.151. The van der Waals surface area contributed by atoms with Crippen molar-refractivity contribution in [1.82, 2.24) is 9.88 Å². The van der Waals surface area contributed by atoms with Gasteiger partial charge < -0.3 is 15.0 Å². The highest BCUT2D eigenvalue weighted by atomic mass is 16.4. The lowest BCUT2D eigenvalue weighted by molar-refractivity contribution is -0.149. The first-order valence-corrected chi connectivity index (χ1v) is 7.12. The van der Waals surface area contributed by atoms with Crippen molar-refractivity contribution in [3.8, 4) is 0 Å². The van der Waals surface area contributed by atoms with E-state index in [1.807, 2.05) is 0 Å². The number of carbonyl (C=O) groups excluding carboxylic acids is 1. The van der Waals surface area contributed by atoms with Crippen LogP contribution in [0.2, 0.25) is 0 Å². The molecular formula is C15H20N2O4. The first-order valence-electron chi connectivity index (χ1n) is 7.12. The van der Waals surface area contributed by atoms with E-state index in [9.17, 15) is 19.5 Å². The van der Waals surface area contributed by atoms with Crippen molar-refractivity contribution in [2.24, 2.45) is 5.41 Å². The topological polar surface area (TPSA) is 88.4 Å². The van der Waals surface area contributed by atoms with Gasteiger partial charge in [-0.1, -0.05) is 12.5 Å². The van der Waals surface area contributed by atoms with Crippen LogP contribution in [0.1, 0.15) is 32.6 Å². The zero-order valence-electron chi connectivity index (χ0n) is 12.0. The van der Waals surface area contributed by atoms with Gasteiger partial charge in [-0.25, -0.2) is 0 Å². The molecule has 6 nitrogen and oxygen atoms in total. The zero-order valence-corrected chi connectivity index (χ0v) is 12.0. The molecule has 0 bridgehead atoms. The summed E-state index contributed by atoms with van der Waals surface area (Å²) in [5, 5.41) is 12.1. The third-order valence-corrected chi connectivity index (χ3v) is 4.26. The van der Waals surface area contributed by atoms with E-state index in [1.54, 1.807) is 25.3 Å². The Bertz CT molecular complexity index is 595. The zero-order chi connectivity index (χ0) is 15.5. The average molecular weight is 292 g/mol. The second kappa shape index (κ2) is 6.11.